The molecule has 0 radical (unpaired) electrons. The minimum Gasteiger partial charge on any atom is -0.464 e. The van der Waals surface area contributed by atoms with E-state index in [-0.39, 0.29) is 24.8 Å². The zero-order chi connectivity index (χ0) is 19.4. The molecule has 0 fully saturated rings. The first-order valence-corrected chi connectivity index (χ1v) is 7.71. The van der Waals surface area contributed by atoms with Crippen LogP contribution in [0, 0.1) is 11.8 Å². The van der Waals surface area contributed by atoms with Crippen molar-refractivity contribution in [2.45, 2.75) is 53.8 Å². The molecule has 0 aromatic carbocycles. The predicted molar refractivity (Wildman–Crippen MR) is 85.0 cm³/mol. The maximum absolute atomic E-state index is 10.9. The lowest BCUT2D eigenvalue weighted by molar-refractivity contribution is -0.158. The van der Waals surface area contributed by atoms with Gasteiger partial charge in [-0.05, 0) is 27.7 Å². The number of carbonyl (C=O) groups is 4. The topological polar surface area (TPSA) is 127 Å². The van der Waals surface area contributed by atoms with Crippen LogP contribution in [0.5, 0.6) is 0 Å². The molecule has 24 heavy (non-hydrogen) atoms. The Morgan fingerprint density at radius 2 is 1.00 bits per heavy atom. The molecule has 0 amide bonds. The molecule has 0 aliphatic rings. The van der Waals surface area contributed by atoms with Gasteiger partial charge in [0.25, 0.3) is 0 Å². The molecular weight excluding hydrogens is 320 g/mol. The van der Waals surface area contributed by atoms with Gasteiger partial charge >= 0.3 is 11.9 Å². The molecule has 0 aliphatic heterocycles. The number of hydrogen-bond donors (Lipinski definition) is 2. The first-order chi connectivity index (χ1) is 11.0. The predicted octanol–water partition coefficient (Wildman–Crippen LogP) is 0.271. The summed E-state index contributed by atoms with van der Waals surface area (Å²) in [6.45, 7) is 9.33. The van der Waals surface area contributed by atoms with Gasteiger partial charge in [0.15, 0.2) is 12.2 Å². The fourth-order valence-corrected chi connectivity index (χ4v) is 1.31. The van der Waals surface area contributed by atoms with E-state index in [1.54, 1.807) is 13.8 Å². The maximum atomic E-state index is 10.9. The van der Waals surface area contributed by atoms with Gasteiger partial charge in [0.05, 0.1) is 25.0 Å². The third-order valence-corrected chi connectivity index (χ3v) is 3.29. The Morgan fingerprint density at radius 3 is 1.17 bits per heavy atom. The summed E-state index contributed by atoms with van der Waals surface area (Å²) < 4.78 is 9.07. The number of rotatable bonds is 8. The first kappa shape index (κ1) is 24.5. The Kier molecular flexibility index (Phi) is 12.8. The highest BCUT2D eigenvalue weighted by Crippen LogP contribution is 2.06. The molecule has 0 spiro atoms. The van der Waals surface area contributed by atoms with Gasteiger partial charge in [-0.3, -0.25) is 9.59 Å². The van der Waals surface area contributed by atoms with E-state index in [0.717, 1.165) is 0 Å². The molecule has 0 bridgehead atoms. The standard InChI is InChI=1S/2C8H14O4/c2*1-4-12-8(11)7(10)5(2)6(3)9/h2*5,7,10H,4H2,1-3H3/t5-,7-;/m1./s1. The van der Waals surface area contributed by atoms with Crippen LogP contribution in [0.15, 0.2) is 0 Å². The van der Waals surface area contributed by atoms with Crippen LogP contribution >= 0.6 is 0 Å². The molecule has 8 heteroatoms. The minimum atomic E-state index is -1.33. The van der Waals surface area contributed by atoms with Gasteiger partial charge < -0.3 is 19.7 Å². The highest BCUT2D eigenvalue weighted by atomic mass is 16.5. The minimum absolute atomic E-state index is 0.209. The van der Waals surface area contributed by atoms with Crippen LogP contribution in [0.2, 0.25) is 0 Å². The number of aliphatic hydroxyl groups excluding tert-OH is 2. The fourth-order valence-electron chi connectivity index (χ4n) is 1.31. The van der Waals surface area contributed by atoms with Crippen molar-refractivity contribution in [2.75, 3.05) is 13.2 Å². The normalized spacial score (nSPS) is 15.0. The molecule has 140 valence electrons. The molecule has 2 N–H and O–H groups in total. The number of esters is 2. The second-order valence-electron chi connectivity index (χ2n) is 5.19. The van der Waals surface area contributed by atoms with Gasteiger partial charge in [0.2, 0.25) is 0 Å². The number of hydrogen-bond acceptors (Lipinski definition) is 8. The smallest absolute Gasteiger partial charge is 0.335 e. The lowest BCUT2D eigenvalue weighted by Crippen LogP contribution is -2.33. The van der Waals surface area contributed by atoms with Crippen molar-refractivity contribution in [3.63, 3.8) is 0 Å². The quantitative estimate of drug-likeness (QED) is 0.598. The summed E-state index contributed by atoms with van der Waals surface area (Å²) in [7, 11) is 0. The van der Waals surface area contributed by atoms with E-state index in [0.29, 0.717) is 0 Å². The maximum Gasteiger partial charge on any atom is 0.335 e. The van der Waals surface area contributed by atoms with Gasteiger partial charge in [-0.1, -0.05) is 13.8 Å². The van der Waals surface area contributed by atoms with E-state index < -0.39 is 36.0 Å². The van der Waals surface area contributed by atoms with Crippen LogP contribution in [0.25, 0.3) is 0 Å². The van der Waals surface area contributed by atoms with E-state index in [1.165, 1.54) is 27.7 Å². The Labute approximate surface area is 142 Å². The summed E-state index contributed by atoms with van der Waals surface area (Å²) in [4.78, 5) is 43.2. The zero-order valence-electron chi connectivity index (χ0n) is 15.1. The summed E-state index contributed by atoms with van der Waals surface area (Å²) in [5.74, 6) is -3.31. The highest BCUT2D eigenvalue weighted by Gasteiger charge is 2.27. The van der Waals surface area contributed by atoms with E-state index in [9.17, 15) is 29.4 Å². The van der Waals surface area contributed by atoms with Gasteiger partial charge in [-0.15, -0.1) is 0 Å². The van der Waals surface area contributed by atoms with Crippen LogP contribution in [0.4, 0.5) is 0 Å². The third kappa shape index (κ3) is 9.36. The van der Waals surface area contributed by atoms with Crippen LogP contribution in [0.3, 0.4) is 0 Å². The number of Topliss-reactive ketones (excluding diaryl/α,β-unsaturated/α-hetero) is 2. The average Bonchev–Trinajstić information content (AvgIpc) is 2.52. The average molecular weight is 348 g/mol. The Balaban J connectivity index is 0. The number of ketones is 2. The lowest BCUT2D eigenvalue weighted by Gasteiger charge is -2.13. The van der Waals surface area contributed by atoms with Crippen molar-refractivity contribution in [2.24, 2.45) is 11.8 Å². The monoisotopic (exact) mass is 348 g/mol. The number of aliphatic hydroxyl groups is 2. The largest absolute Gasteiger partial charge is 0.464 e. The van der Waals surface area contributed by atoms with E-state index in [1.807, 2.05) is 0 Å². The van der Waals surface area contributed by atoms with Crippen molar-refractivity contribution in [1.29, 1.82) is 0 Å². The molecule has 8 nitrogen and oxygen atoms in total. The molecule has 0 aromatic rings. The highest BCUT2D eigenvalue weighted by molar-refractivity contribution is 5.86. The van der Waals surface area contributed by atoms with Gasteiger partial charge in [-0.2, -0.15) is 0 Å². The number of carbonyl (C=O) groups excluding carboxylic acids is 4. The second kappa shape index (κ2) is 12.6. The molecule has 0 saturated heterocycles. The molecule has 0 heterocycles. The molecular formula is C16H28O8. The van der Waals surface area contributed by atoms with Crippen LogP contribution < -0.4 is 0 Å². The molecule has 0 aromatic heterocycles. The van der Waals surface area contributed by atoms with E-state index in [2.05, 4.69) is 9.47 Å². The summed E-state index contributed by atoms with van der Waals surface area (Å²) in [6, 6.07) is 0. The first-order valence-electron chi connectivity index (χ1n) is 7.71. The number of ether oxygens (including phenoxy) is 2. The molecule has 2 unspecified atom stereocenters. The van der Waals surface area contributed by atoms with Gasteiger partial charge in [0.1, 0.15) is 11.6 Å². The third-order valence-electron chi connectivity index (χ3n) is 3.29. The Morgan fingerprint density at radius 1 is 0.750 bits per heavy atom. The van der Waals surface area contributed by atoms with Crippen molar-refractivity contribution >= 4 is 23.5 Å². The van der Waals surface area contributed by atoms with Crippen molar-refractivity contribution in [3.8, 4) is 0 Å². The summed E-state index contributed by atoms with van der Waals surface area (Å²) in [5.41, 5.74) is 0. The van der Waals surface area contributed by atoms with Crippen LogP contribution in [0.1, 0.15) is 41.5 Å². The summed E-state index contributed by atoms with van der Waals surface area (Å²) in [5, 5.41) is 18.4. The van der Waals surface area contributed by atoms with Gasteiger partial charge in [0, 0.05) is 0 Å². The molecule has 0 saturated carbocycles. The zero-order valence-corrected chi connectivity index (χ0v) is 15.1. The summed E-state index contributed by atoms with van der Waals surface area (Å²) >= 11 is 0. The molecule has 4 atom stereocenters. The van der Waals surface area contributed by atoms with Crippen LogP contribution in [-0.2, 0) is 28.7 Å². The van der Waals surface area contributed by atoms with E-state index in [4.69, 9.17) is 0 Å². The Bertz CT molecular complexity index is 392. The lowest BCUT2D eigenvalue weighted by atomic mass is 10.0. The second-order valence-corrected chi connectivity index (χ2v) is 5.19. The molecule has 0 rings (SSSR count). The SMILES string of the molecule is CCOC(=O)C(O)C(C)C(C)=O.CCOC(=O)[C@H](O)[C@H](C)C(C)=O. The van der Waals surface area contributed by atoms with E-state index >= 15 is 0 Å². The van der Waals surface area contributed by atoms with Crippen molar-refractivity contribution < 1.29 is 38.9 Å². The fraction of sp³-hybridized carbons (Fsp3) is 0.750. The Hall–Kier alpha value is -1.80. The molecule has 0 aliphatic carbocycles. The van der Waals surface area contributed by atoms with Crippen molar-refractivity contribution in [1.82, 2.24) is 0 Å². The summed E-state index contributed by atoms with van der Waals surface area (Å²) in [6.07, 6.45) is -2.66. The van der Waals surface area contributed by atoms with Gasteiger partial charge in [-0.25, -0.2) is 9.59 Å². The van der Waals surface area contributed by atoms with Crippen molar-refractivity contribution in [3.05, 3.63) is 0 Å². The van der Waals surface area contributed by atoms with Crippen LogP contribution in [-0.4, -0.2) is 59.1 Å².